The molecule has 1 heterocycles. The lowest BCUT2D eigenvalue weighted by Gasteiger charge is -2.38. The maximum absolute atomic E-state index is 12.5. The summed E-state index contributed by atoms with van der Waals surface area (Å²) in [6.45, 7) is 11.8. The first kappa shape index (κ1) is 17.0. The van der Waals surface area contributed by atoms with E-state index in [0.29, 0.717) is 18.0 Å². The van der Waals surface area contributed by atoms with Gasteiger partial charge in [0, 0.05) is 18.7 Å². The minimum absolute atomic E-state index is 0.222. The zero-order chi connectivity index (χ0) is 14.3. The van der Waals surface area contributed by atoms with Crippen molar-refractivity contribution in [3.63, 3.8) is 0 Å². The molecule has 0 saturated carbocycles. The highest BCUT2D eigenvalue weighted by atomic mass is 19.3. The Balaban J connectivity index is 0.00000137. The minimum Gasteiger partial charge on any atom is -0.352 e. The van der Waals surface area contributed by atoms with E-state index in [1.807, 2.05) is 27.7 Å². The number of hydrogen-bond donors (Lipinski definition) is 1. The molecule has 0 radical (unpaired) electrons. The van der Waals surface area contributed by atoms with Gasteiger partial charge in [0.1, 0.15) is 0 Å². The van der Waals surface area contributed by atoms with Gasteiger partial charge in [0.25, 0.3) is 5.92 Å². The number of hydrogen-bond acceptors (Lipinski definition) is 2. The van der Waals surface area contributed by atoms with Crippen molar-refractivity contribution < 1.29 is 13.6 Å². The van der Waals surface area contributed by atoms with Crippen LogP contribution in [0.15, 0.2) is 12.2 Å². The maximum atomic E-state index is 12.5. The molecule has 0 aliphatic carbocycles. The summed E-state index contributed by atoms with van der Waals surface area (Å²) in [5.41, 5.74) is 0.344. The Bertz CT molecular complexity index is 283. The van der Waals surface area contributed by atoms with Crippen LogP contribution in [0.4, 0.5) is 8.78 Å². The predicted molar refractivity (Wildman–Crippen MR) is 69.7 cm³/mol. The van der Waals surface area contributed by atoms with Crippen LogP contribution in [-0.4, -0.2) is 42.9 Å². The summed E-state index contributed by atoms with van der Waals surface area (Å²) in [5.74, 6) is -2.47. The standard InChI is InChI=1S/C11H18F2N2O.C2H6/c1-8(2)4-14-10(16)9(3)5-15-6-11(12,13)7-15;1-2/h8H,3-7H2,1-2H3,(H,14,16);1-2H3. The number of carbonyl (C=O) groups is 1. The summed E-state index contributed by atoms with van der Waals surface area (Å²) in [6, 6.07) is 0. The van der Waals surface area contributed by atoms with Gasteiger partial charge in [-0.1, -0.05) is 34.3 Å². The monoisotopic (exact) mass is 262 g/mol. The average molecular weight is 262 g/mol. The summed E-state index contributed by atoms with van der Waals surface area (Å²) in [6.07, 6.45) is 0. The highest BCUT2D eigenvalue weighted by Crippen LogP contribution is 2.26. The SMILES string of the molecule is C=C(CN1CC(F)(F)C1)C(=O)NCC(C)C.CC. The number of nitrogens with zero attached hydrogens (tertiary/aromatic N) is 1. The zero-order valence-corrected chi connectivity index (χ0v) is 11.7. The highest BCUT2D eigenvalue weighted by Gasteiger charge is 2.43. The number of halogens is 2. The molecule has 0 unspecified atom stereocenters. The largest absolute Gasteiger partial charge is 0.352 e. The second kappa shape index (κ2) is 7.46. The van der Waals surface area contributed by atoms with Crippen molar-refractivity contribution in [2.24, 2.45) is 5.92 Å². The van der Waals surface area contributed by atoms with Gasteiger partial charge in [-0.2, -0.15) is 0 Å². The Labute approximate surface area is 108 Å². The van der Waals surface area contributed by atoms with Crippen LogP contribution in [0, 0.1) is 5.92 Å². The molecule has 106 valence electrons. The molecule has 1 aliphatic rings. The average Bonchev–Trinajstić information content (AvgIpc) is 2.26. The van der Waals surface area contributed by atoms with Crippen LogP contribution >= 0.6 is 0 Å². The molecular weight excluding hydrogens is 238 g/mol. The van der Waals surface area contributed by atoms with Crippen molar-refractivity contribution in [2.75, 3.05) is 26.2 Å². The molecular formula is C13H24F2N2O. The van der Waals surface area contributed by atoms with E-state index in [-0.39, 0.29) is 25.5 Å². The molecule has 0 atom stereocenters. The van der Waals surface area contributed by atoms with Gasteiger partial charge in [0.2, 0.25) is 5.91 Å². The first-order valence-corrected chi connectivity index (χ1v) is 6.36. The number of amides is 1. The lowest BCUT2D eigenvalue weighted by Crippen LogP contribution is -2.57. The summed E-state index contributed by atoms with van der Waals surface area (Å²) < 4.78 is 25.0. The van der Waals surface area contributed by atoms with Crippen molar-refractivity contribution in [2.45, 2.75) is 33.6 Å². The smallest absolute Gasteiger partial charge is 0.272 e. The second-order valence-electron chi connectivity index (χ2n) is 4.71. The number of likely N-dealkylation sites (tertiary alicyclic amines) is 1. The lowest BCUT2D eigenvalue weighted by atomic mass is 10.1. The fraction of sp³-hybridized carbons (Fsp3) is 0.769. The Morgan fingerprint density at radius 2 is 1.89 bits per heavy atom. The van der Waals surface area contributed by atoms with Gasteiger partial charge in [-0.15, -0.1) is 0 Å². The summed E-state index contributed by atoms with van der Waals surface area (Å²) in [4.78, 5) is 13.0. The van der Waals surface area contributed by atoms with Crippen molar-refractivity contribution >= 4 is 5.91 Å². The molecule has 0 aromatic rings. The number of rotatable bonds is 5. The van der Waals surface area contributed by atoms with Gasteiger partial charge in [-0.25, -0.2) is 8.78 Å². The van der Waals surface area contributed by atoms with Gasteiger partial charge < -0.3 is 5.32 Å². The molecule has 0 aromatic heterocycles. The van der Waals surface area contributed by atoms with Crippen LogP contribution in [0.25, 0.3) is 0 Å². The molecule has 5 heteroatoms. The minimum atomic E-state index is -2.59. The summed E-state index contributed by atoms with van der Waals surface area (Å²) in [5, 5.41) is 2.70. The summed E-state index contributed by atoms with van der Waals surface area (Å²) >= 11 is 0. The van der Waals surface area contributed by atoms with E-state index in [1.54, 1.807) is 0 Å². The molecule has 0 bridgehead atoms. The van der Waals surface area contributed by atoms with E-state index in [0.717, 1.165) is 0 Å². The third kappa shape index (κ3) is 6.10. The third-order valence-electron chi connectivity index (χ3n) is 2.32. The molecule has 1 amide bonds. The number of carbonyl (C=O) groups excluding carboxylic acids is 1. The Kier molecular flexibility index (Phi) is 7.06. The van der Waals surface area contributed by atoms with Crippen LogP contribution in [0.5, 0.6) is 0 Å². The van der Waals surface area contributed by atoms with Crippen molar-refractivity contribution in [1.82, 2.24) is 10.2 Å². The first-order chi connectivity index (χ1) is 8.30. The Hall–Kier alpha value is -0.970. The Morgan fingerprint density at radius 3 is 2.28 bits per heavy atom. The van der Waals surface area contributed by atoms with E-state index in [9.17, 15) is 13.6 Å². The maximum Gasteiger partial charge on any atom is 0.272 e. The van der Waals surface area contributed by atoms with Crippen LogP contribution in [0.1, 0.15) is 27.7 Å². The van der Waals surface area contributed by atoms with E-state index in [2.05, 4.69) is 11.9 Å². The van der Waals surface area contributed by atoms with Crippen LogP contribution in [0.3, 0.4) is 0 Å². The number of alkyl halides is 2. The first-order valence-electron chi connectivity index (χ1n) is 6.36. The van der Waals surface area contributed by atoms with Crippen LogP contribution in [0.2, 0.25) is 0 Å². The third-order valence-corrected chi connectivity index (χ3v) is 2.32. The molecule has 1 aliphatic heterocycles. The van der Waals surface area contributed by atoms with Gasteiger partial charge >= 0.3 is 0 Å². The quantitative estimate of drug-likeness (QED) is 0.771. The molecule has 1 N–H and O–H groups in total. The normalized spacial score (nSPS) is 17.5. The van der Waals surface area contributed by atoms with Crippen molar-refractivity contribution in [3.8, 4) is 0 Å². The molecule has 1 fully saturated rings. The van der Waals surface area contributed by atoms with Gasteiger partial charge in [-0.05, 0) is 5.92 Å². The van der Waals surface area contributed by atoms with E-state index in [1.165, 1.54) is 4.90 Å². The molecule has 1 rings (SSSR count). The lowest BCUT2D eigenvalue weighted by molar-refractivity contribution is -0.130. The van der Waals surface area contributed by atoms with E-state index >= 15 is 0 Å². The molecule has 18 heavy (non-hydrogen) atoms. The van der Waals surface area contributed by atoms with Gasteiger partial charge in [0.05, 0.1) is 13.1 Å². The molecule has 0 spiro atoms. The topological polar surface area (TPSA) is 32.3 Å². The fourth-order valence-electron chi connectivity index (χ4n) is 1.48. The second-order valence-corrected chi connectivity index (χ2v) is 4.71. The van der Waals surface area contributed by atoms with Crippen molar-refractivity contribution in [1.29, 1.82) is 0 Å². The number of nitrogens with one attached hydrogen (secondary N) is 1. The molecule has 0 aromatic carbocycles. The zero-order valence-electron chi connectivity index (χ0n) is 11.7. The predicted octanol–water partition coefficient (Wildman–Crippen LogP) is 2.29. The highest BCUT2D eigenvalue weighted by molar-refractivity contribution is 5.93. The van der Waals surface area contributed by atoms with Crippen LogP contribution in [-0.2, 0) is 4.79 Å². The van der Waals surface area contributed by atoms with E-state index in [4.69, 9.17) is 0 Å². The Morgan fingerprint density at radius 1 is 1.39 bits per heavy atom. The molecule has 1 saturated heterocycles. The van der Waals surface area contributed by atoms with Crippen molar-refractivity contribution in [3.05, 3.63) is 12.2 Å². The van der Waals surface area contributed by atoms with E-state index < -0.39 is 5.92 Å². The molecule has 3 nitrogen and oxygen atoms in total. The van der Waals surface area contributed by atoms with Gasteiger partial charge in [0.15, 0.2) is 0 Å². The van der Waals surface area contributed by atoms with Crippen LogP contribution < -0.4 is 5.32 Å². The fourth-order valence-corrected chi connectivity index (χ4v) is 1.48. The summed E-state index contributed by atoms with van der Waals surface area (Å²) in [7, 11) is 0. The van der Waals surface area contributed by atoms with Gasteiger partial charge in [-0.3, -0.25) is 9.69 Å².